The summed E-state index contributed by atoms with van der Waals surface area (Å²) in [5.41, 5.74) is 6.21. The van der Waals surface area contributed by atoms with Gasteiger partial charge in [0.05, 0.1) is 12.1 Å². The molecule has 8 heteroatoms. The van der Waals surface area contributed by atoms with Crippen LogP contribution in [0.1, 0.15) is 41.2 Å². The maximum Gasteiger partial charge on any atom is 0.252 e. The molecule has 0 aliphatic heterocycles. The second-order valence-electron chi connectivity index (χ2n) is 6.69. The maximum atomic E-state index is 12.6. The molecule has 3 atom stereocenters. The molecule has 0 spiro atoms. The molecule has 0 saturated heterocycles. The maximum absolute atomic E-state index is 12.6. The van der Waals surface area contributed by atoms with Crippen molar-refractivity contribution in [3.8, 4) is 6.07 Å². The number of nitriles is 1. The predicted molar refractivity (Wildman–Crippen MR) is 110 cm³/mol. The minimum absolute atomic E-state index is 0.174. The molecule has 0 aliphatic rings. The highest BCUT2D eigenvalue weighted by Crippen LogP contribution is 2.18. The van der Waals surface area contributed by atoms with E-state index in [1.165, 1.54) is 0 Å². The van der Waals surface area contributed by atoms with Gasteiger partial charge in [-0.25, -0.2) is 0 Å². The Balaban J connectivity index is 2.18. The van der Waals surface area contributed by atoms with Crippen LogP contribution in [0.3, 0.4) is 0 Å². The number of hydrogen-bond donors (Lipinski definition) is 4. The third-order valence-corrected chi connectivity index (χ3v) is 4.51. The van der Waals surface area contributed by atoms with Crippen molar-refractivity contribution in [2.45, 2.75) is 37.5 Å². The van der Waals surface area contributed by atoms with E-state index in [0.717, 1.165) is 0 Å². The van der Waals surface area contributed by atoms with Gasteiger partial charge < -0.3 is 21.5 Å². The molecule has 0 aliphatic carbocycles. The van der Waals surface area contributed by atoms with Gasteiger partial charge in [0.25, 0.3) is 11.8 Å². The van der Waals surface area contributed by atoms with Crippen LogP contribution in [0.5, 0.6) is 0 Å². The van der Waals surface area contributed by atoms with Gasteiger partial charge in [0.15, 0.2) is 6.10 Å². The van der Waals surface area contributed by atoms with Gasteiger partial charge in [-0.1, -0.05) is 48.5 Å². The quantitative estimate of drug-likeness (QED) is 0.436. The number of primary amides is 1. The number of aliphatic hydroxyl groups is 1. The average molecular weight is 408 g/mol. The summed E-state index contributed by atoms with van der Waals surface area (Å²) in [7, 11) is 0. The summed E-state index contributed by atoms with van der Waals surface area (Å²) in [5.74, 6) is -2.08. The van der Waals surface area contributed by atoms with E-state index in [9.17, 15) is 19.5 Å². The van der Waals surface area contributed by atoms with E-state index in [-0.39, 0.29) is 12.8 Å². The van der Waals surface area contributed by atoms with Crippen molar-refractivity contribution in [1.29, 1.82) is 5.26 Å². The van der Waals surface area contributed by atoms with Gasteiger partial charge >= 0.3 is 0 Å². The van der Waals surface area contributed by atoms with Crippen LogP contribution in [0, 0.1) is 11.3 Å². The van der Waals surface area contributed by atoms with Crippen LogP contribution in [0.4, 0.5) is 0 Å². The zero-order valence-corrected chi connectivity index (χ0v) is 16.3. The Labute approximate surface area is 174 Å². The molecular weight excluding hydrogens is 384 g/mol. The molecular formula is C22H24N4O4. The fraction of sp³-hybridized carbons (Fsp3) is 0.273. The van der Waals surface area contributed by atoms with Gasteiger partial charge in [-0.2, -0.15) is 5.26 Å². The number of rotatable bonds is 10. The number of aliphatic hydroxyl groups excluding tert-OH is 1. The molecule has 0 saturated carbocycles. The van der Waals surface area contributed by atoms with Crippen LogP contribution in [0.15, 0.2) is 60.7 Å². The first-order valence-electron chi connectivity index (χ1n) is 9.49. The molecule has 156 valence electrons. The molecule has 0 heterocycles. The van der Waals surface area contributed by atoms with Crippen LogP contribution >= 0.6 is 0 Å². The van der Waals surface area contributed by atoms with Gasteiger partial charge in [-0.3, -0.25) is 14.4 Å². The second kappa shape index (κ2) is 11.3. The molecule has 5 N–H and O–H groups in total. The summed E-state index contributed by atoms with van der Waals surface area (Å²) in [6, 6.07) is 16.8. The number of nitrogens with one attached hydrogen (secondary N) is 2. The van der Waals surface area contributed by atoms with Gasteiger partial charge in [0, 0.05) is 12.0 Å². The Bertz CT molecular complexity index is 896. The molecule has 0 radical (unpaired) electrons. The molecule has 0 bridgehead atoms. The Morgan fingerprint density at radius 2 is 1.60 bits per heavy atom. The van der Waals surface area contributed by atoms with E-state index in [2.05, 4.69) is 10.6 Å². The number of hydrogen-bond acceptors (Lipinski definition) is 5. The molecule has 2 aromatic rings. The number of nitrogens with two attached hydrogens (primary N) is 1. The molecule has 8 nitrogen and oxygen atoms in total. The molecule has 2 aromatic carbocycles. The number of nitrogens with zero attached hydrogens (tertiary/aromatic N) is 1. The summed E-state index contributed by atoms with van der Waals surface area (Å²) in [4.78, 5) is 36.9. The lowest BCUT2D eigenvalue weighted by atomic mass is 9.99. The highest BCUT2D eigenvalue weighted by atomic mass is 16.3. The van der Waals surface area contributed by atoms with E-state index in [1.807, 2.05) is 6.07 Å². The summed E-state index contributed by atoms with van der Waals surface area (Å²) in [5, 5.41) is 24.4. The van der Waals surface area contributed by atoms with Gasteiger partial charge in [0.1, 0.15) is 6.04 Å². The SMILES string of the molecule is N#CCCC[C@@H](NC(=O)[C@H](O)[C@@H](NC(=O)c1ccccc1)c1ccccc1)C(N)=O. The topological polar surface area (TPSA) is 145 Å². The third kappa shape index (κ3) is 6.43. The van der Waals surface area contributed by atoms with Crippen molar-refractivity contribution in [3.05, 3.63) is 71.8 Å². The van der Waals surface area contributed by atoms with Crippen molar-refractivity contribution in [3.63, 3.8) is 0 Å². The van der Waals surface area contributed by atoms with E-state index in [0.29, 0.717) is 17.5 Å². The smallest absolute Gasteiger partial charge is 0.252 e. The number of unbranched alkanes of at least 4 members (excludes halogenated alkanes) is 1. The first-order valence-corrected chi connectivity index (χ1v) is 9.49. The van der Waals surface area contributed by atoms with E-state index in [4.69, 9.17) is 11.0 Å². The normalized spacial score (nSPS) is 13.3. The molecule has 0 fully saturated rings. The van der Waals surface area contributed by atoms with Gasteiger partial charge in [-0.05, 0) is 30.5 Å². The fourth-order valence-electron chi connectivity index (χ4n) is 2.90. The highest BCUT2D eigenvalue weighted by molar-refractivity contribution is 5.95. The zero-order valence-electron chi connectivity index (χ0n) is 16.3. The molecule has 2 rings (SSSR count). The summed E-state index contributed by atoms with van der Waals surface area (Å²) >= 11 is 0. The average Bonchev–Trinajstić information content (AvgIpc) is 2.77. The molecule has 3 amide bonds. The van der Waals surface area contributed by atoms with Crippen molar-refractivity contribution in [2.75, 3.05) is 0 Å². The van der Waals surface area contributed by atoms with Crippen LogP contribution in [-0.4, -0.2) is 35.0 Å². The second-order valence-corrected chi connectivity index (χ2v) is 6.69. The van der Waals surface area contributed by atoms with Gasteiger partial charge in [-0.15, -0.1) is 0 Å². The zero-order chi connectivity index (χ0) is 21.9. The lowest BCUT2D eigenvalue weighted by Gasteiger charge is -2.25. The third-order valence-electron chi connectivity index (χ3n) is 4.51. The Hall–Kier alpha value is -3.70. The first kappa shape index (κ1) is 22.6. The van der Waals surface area contributed by atoms with Crippen molar-refractivity contribution < 1.29 is 19.5 Å². The van der Waals surface area contributed by atoms with Crippen LogP contribution in [-0.2, 0) is 9.59 Å². The molecule has 0 unspecified atom stereocenters. The summed E-state index contributed by atoms with van der Waals surface area (Å²) in [6.45, 7) is 0. The van der Waals surface area contributed by atoms with Crippen LogP contribution in [0.2, 0.25) is 0 Å². The van der Waals surface area contributed by atoms with Crippen LogP contribution < -0.4 is 16.4 Å². The summed E-state index contributed by atoms with van der Waals surface area (Å²) < 4.78 is 0. The van der Waals surface area contributed by atoms with Crippen molar-refractivity contribution >= 4 is 17.7 Å². The lowest BCUT2D eigenvalue weighted by Crippen LogP contribution is -2.51. The minimum atomic E-state index is -1.67. The largest absolute Gasteiger partial charge is 0.381 e. The number of amides is 3. The number of benzene rings is 2. The number of carbonyl (C=O) groups excluding carboxylic acids is 3. The van der Waals surface area contributed by atoms with Gasteiger partial charge in [0.2, 0.25) is 5.91 Å². The highest BCUT2D eigenvalue weighted by Gasteiger charge is 2.31. The Morgan fingerprint density at radius 3 is 2.17 bits per heavy atom. The minimum Gasteiger partial charge on any atom is -0.381 e. The van der Waals surface area contributed by atoms with E-state index >= 15 is 0 Å². The van der Waals surface area contributed by atoms with Crippen molar-refractivity contribution in [1.82, 2.24) is 10.6 Å². The standard InChI is InChI=1S/C22H24N4O4/c23-14-8-7-13-17(20(24)28)25-22(30)19(27)18(15-9-3-1-4-10-15)26-21(29)16-11-5-2-6-12-16/h1-6,9-12,17-19,27H,7-8,13H2,(H2,24,28)(H,25,30)(H,26,29)/t17-,18+,19-/m1/s1. The first-order chi connectivity index (χ1) is 14.4. The molecule has 0 aromatic heterocycles. The fourth-order valence-corrected chi connectivity index (χ4v) is 2.90. The van der Waals surface area contributed by atoms with Crippen LogP contribution in [0.25, 0.3) is 0 Å². The number of carbonyl (C=O) groups is 3. The summed E-state index contributed by atoms with van der Waals surface area (Å²) in [6.07, 6.45) is -0.916. The lowest BCUT2D eigenvalue weighted by molar-refractivity contribution is -0.134. The predicted octanol–water partition coefficient (Wildman–Crippen LogP) is 1.18. The molecule has 30 heavy (non-hydrogen) atoms. The van der Waals surface area contributed by atoms with E-state index < -0.39 is 35.9 Å². The Morgan fingerprint density at radius 1 is 1.00 bits per heavy atom. The van der Waals surface area contributed by atoms with Crippen molar-refractivity contribution in [2.24, 2.45) is 5.73 Å². The van der Waals surface area contributed by atoms with E-state index in [1.54, 1.807) is 60.7 Å². The monoisotopic (exact) mass is 408 g/mol. The Kier molecular flexibility index (Phi) is 8.54.